The fourth-order valence-corrected chi connectivity index (χ4v) is 2.86. The molecule has 0 aliphatic heterocycles. The van der Waals surface area contributed by atoms with Gasteiger partial charge in [-0.05, 0) is 43.8 Å². The van der Waals surface area contributed by atoms with Gasteiger partial charge in [-0.3, -0.25) is 0 Å². The van der Waals surface area contributed by atoms with E-state index in [9.17, 15) is 4.39 Å². The molecular formula is C15H18FNS. The molecule has 2 aromatic rings. The summed E-state index contributed by atoms with van der Waals surface area (Å²) in [6.45, 7) is 1.81. The predicted molar refractivity (Wildman–Crippen MR) is 75.6 cm³/mol. The lowest BCUT2D eigenvalue weighted by atomic mass is 9.99. The van der Waals surface area contributed by atoms with E-state index in [1.54, 1.807) is 11.3 Å². The molecule has 0 spiro atoms. The summed E-state index contributed by atoms with van der Waals surface area (Å²) in [6.07, 6.45) is 1.90. The molecule has 0 aliphatic carbocycles. The molecule has 18 heavy (non-hydrogen) atoms. The fraction of sp³-hybridized carbons (Fsp3) is 0.333. The van der Waals surface area contributed by atoms with Crippen molar-refractivity contribution in [3.63, 3.8) is 0 Å². The molecule has 0 saturated carbocycles. The van der Waals surface area contributed by atoms with E-state index < -0.39 is 0 Å². The Morgan fingerprint density at radius 1 is 1.28 bits per heavy atom. The first-order chi connectivity index (χ1) is 8.72. The highest BCUT2D eigenvalue weighted by molar-refractivity contribution is 7.09. The van der Waals surface area contributed by atoms with Crippen LogP contribution in [-0.2, 0) is 6.42 Å². The minimum Gasteiger partial charge on any atom is -0.313 e. The Morgan fingerprint density at radius 3 is 2.78 bits per heavy atom. The standard InChI is InChI=1S/C15H18FNS/c1-11-5-3-7-13(15(11)16)14(17-2)9-8-12-6-4-10-18-12/h3-7,10,14,17H,8-9H2,1-2H3. The summed E-state index contributed by atoms with van der Waals surface area (Å²) >= 11 is 1.76. The first kappa shape index (κ1) is 13.2. The summed E-state index contributed by atoms with van der Waals surface area (Å²) in [7, 11) is 1.89. The lowest BCUT2D eigenvalue weighted by Gasteiger charge is -2.17. The maximum atomic E-state index is 14.1. The smallest absolute Gasteiger partial charge is 0.130 e. The van der Waals surface area contributed by atoms with Gasteiger partial charge in [-0.1, -0.05) is 24.3 Å². The third-order valence-electron chi connectivity index (χ3n) is 3.21. The summed E-state index contributed by atoms with van der Waals surface area (Å²) in [5.41, 5.74) is 1.48. The Labute approximate surface area is 112 Å². The van der Waals surface area contributed by atoms with Gasteiger partial charge in [0, 0.05) is 16.5 Å². The molecule has 1 atom stereocenters. The van der Waals surface area contributed by atoms with Crippen LogP contribution in [0.5, 0.6) is 0 Å². The number of thiophene rings is 1. The van der Waals surface area contributed by atoms with Crippen LogP contribution in [0, 0.1) is 12.7 Å². The third-order valence-corrected chi connectivity index (χ3v) is 4.14. The first-order valence-electron chi connectivity index (χ1n) is 6.17. The average molecular weight is 263 g/mol. The van der Waals surface area contributed by atoms with Crippen LogP contribution in [0.1, 0.15) is 28.5 Å². The van der Waals surface area contributed by atoms with Crippen molar-refractivity contribution in [3.8, 4) is 0 Å². The van der Waals surface area contributed by atoms with Crippen LogP contribution in [0.3, 0.4) is 0 Å². The molecule has 1 nitrogen and oxygen atoms in total. The molecule has 96 valence electrons. The average Bonchev–Trinajstić information content (AvgIpc) is 2.88. The van der Waals surface area contributed by atoms with Crippen LogP contribution in [0.25, 0.3) is 0 Å². The third kappa shape index (κ3) is 2.98. The zero-order valence-electron chi connectivity index (χ0n) is 10.7. The van der Waals surface area contributed by atoms with Crippen molar-refractivity contribution < 1.29 is 4.39 Å². The van der Waals surface area contributed by atoms with Crippen molar-refractivity contribution in [1.82, 2.24) is 5.32 Å². The van der Waals surface area contributed by atoms with Crippen molar-refractivity contribution in [2.45, 2.75) is 25.8 Å². The Balaban J connectivity index is 2.10. The van der Waals surface area contributed by atoms with Gasteiger partial charge in [0.15, 0.2) is 0 Å². The molecule has 1 unspecified atom stereocenters. The number of halogens is 1. The van der Waals surface area contributed by atoms with Gasteiger partial charge in [0.25, 0.3) is 0 Å². The molecule has 1 heterocycles. The van der Waals surface area contributed by atoms with E-state index in [1.165, 1.54) is 4.88 Å². The minimum atomic E-state index is -0.0805. The van der Waals surface area contributed by atoms with Crippen molar-refractivity contribution in [2.24, 2.45) is 0 Å². The molecule has 0 amide bonds. The molecule has 0 fully saturated rings. The lowest BCUT2D eigenvalue weighted by molar-refractivity contribution is 0.507. The molecule has 0 radical (unpaired) electrons. The van der Waals surface area contributed by atoms with E-state index in [-0.39, 0.29) is 11.9 Å². The molecule has 0 saturated heterocycles. The zero-order chi connectivity index (χ0) is 13.0. The van der Waals surface area contributed by atoms with Crippen LogP contribution < -0.4 is 5.32 Å². The molecule has 1 aromatic carbocycles. The molecule has 0 bridgehead atoms. The monoisotopic (exact) mass is 263 g/mol. The summed E-state index contributed by atoms with van der Waals surface area (Å²) < 4.78 is 14.1. The number of nitrogens with one attached hydrogen (secondary N) is 1. The highest BCUT2D eigenvalue weighted by Crippen LogP contribution is 2.24. The van der Waals surface area contributed by atoms with E-state index in [1.807, 2.05) is 32.2 Å². The largest absolute Gasteiger partial charge is 0.313 e. The second-order valence-corrected chi connectivity index (χ2v) is 5.47. The van der Waals surface area contributed by atoms with Crippen LogP contribution in [0.15, 0.2) is 35.7 Å². The predicted octanol–water partition coefficient (Wildman–Crippen LogP) is 4.09. The SMILES string of the molecule is CNC(CCc1cccs1)c1cccc(C)c1F. The van der Waals surface area contributed by atoms with E-state index in [0.29, 0.717) is 5.56 Å². The molecule has 1 N–H and O–H groups in total. The summed E-state index contributed by atoms with van der Waals surface area (Å²) in [4.78, 5) is 1.35. The number of aryl methyl sites for hydroxylation is 2. The van der Waals surface area contributed by atoms with Gasteiger partial charge in [0.2, 0.25) is 0 Å². The summed E-state index contributed by atoms with van der Waals surface area (Å²) in [5.74, 6) is -0.0805. The topological polar surface area (TPSA) is 12.0 Å². The second-order valence-electron chi connectivity index (χ2n) is 4.44. The molecule has 0 aliphatic rings. The number of hydrogen-bond acceptors (Lipinski definition) is 2. The van der Waals surface area contributed by atoms with Crippen molar-refractivity contribution in [2.75, 3.05) is 7.05 Å². The van der Waals surface area contributed by atoms with E-state index in [4.69, 9.17) is 0 Å². The number of benzene rings is 1. The molecular weight excluding hydrogens is 245 g/mol. The van der Waals surface area contributed by atoms with Gasteiger partial charge in [-0.15, -0.1) is 11.3 Å². The van der Waals surface area contributed by atoms with Crippen LogP contribution in [-0.4, -0.2) is 7.05 Å². The van der Waals surface area contributed by atoms with E-state index >= 15 is 0 Å². The maximum absolute atomic E-state index is 14.1. The van der Waals surface area contributed by atoms with Gasteiger partial charge >= 0.3 is 0 Å². The maximum Gasteiger partial charge on any atom is 0.130 e. The van der Waals surface area contributed by atoms with E-state index in [0.717, 1.165) is 18.4 Å². The summed E-state index contributed by atoms with van der Waals surface area (Å²) in [6, 6.07) is 9.87. The van der Waals surface area contributed by atoms with Crippen molar-refractivity contribution in [3.05, 3.63) is 57.5 Å². The number of rotatable bonds is 5. The minimum absolute atomic E-state index is 0.0759. The van der Waals surface area contributed by atoms with Gasteiger partial charge in [-0.2, -0.15) is 0 Å². The van der Waals surface area contributed by atoms with Gasteiger partial charge in [0.05, 0.1) is 0 Å². The van der Waals surface area contributed by atoms with Crippen LogP contribution >= 0.6 is 11.3 Å². The second kappa shape index (κ2) is 6.12. The quantitative estimate of drug-likeness (QED) is 0.856. The zero-order valence-corrected chi connectivity index (χ0v) is 11.6. The van der Waals surface area contributed by atoms with Gasteiger partial charge in [0.1, 0.15) is 5.82 Å². The van der Waals surface area contributed by atoms with E-state index in [2.05, 4.69) is 22.8 Å². The van der Waals surface area contributed by atoms with Crippen molar-refractivity contribution in [1.29, 1.82) is 0 Å². The number of hydrogen-bond donors (Lipinski definition) is 1. The summed E-state index contributed by atoms with van der Waals surface area (Å²) in [5, 5.41) is 5.29. The Hall–Kier alpha value is -1.19. The fourth-order valence-electron chi connectivity index (χ4n) is 2.14. The normalized spacial score (nSPS) is 12.6. The Morgan fingerprint density at radius 2 is 2.11 bits per heavy atom. The first-order valence-corrected chi connectivity index (χ1v) is 7.05. The molecule has 1 aromatic heterocycles. The van der Waals surface area contributed by atoms with Crippen LogP contribution in [0.2, 0.25) is 0 Å². The highest BCUT2D eigenvalue weighted by atomic mass is 32.1. The van der Waals surface area contributed by atoms with Gasteiger partial charge < -0.3 is 5.32 Å². The highest BCUT2D eigenvalue weighted by Gasteiger charge is 2.15. The lowest BCUT2D eigenvalue weighted by Crippen LogP contribution is -2.18. The van der Waals surface area contributed by atoms with Crippen LogP contribution in [0.4, 0.5) is 4.39 Å². The molecule has 3 heteroatoms. The molecule has 2 rings (SSSR count). The van der Waals surface area contributed by atoms with Gasteiger partial charge in [-0.25, -0.2) is 4.39 Å². The Kier molecular flexibility index (Phi) is 4.50. The Bertz CT molecular complexity index is 493. The van der Waals surface area contributed by atoms with Crippen molar-refractivity contribution >= 4 is 11.3 Å².